The number of hydrogen-bond donors (Lipinski definition) is 1. The lowest BCUT2D eigenvalue weighted by atomic mass is 10.1. The number of ether oxygens (including phenoxy) is 1. The summed E-state index contributed by atoms with van der Waals surface area (Å²) < 4.78 is 5.80. The number of nitrogens with zero attached hydrogens (tertiary/aromatic N) is 1. The van der Waals surface area contributed by atoms with Gasteiger partial charge in [-0.3, -0.25) is 4.98 Å². The molecule has 0 amide bonds. The van der Waals surface area contributed by atoms with E-state index in [1.54, 1.807) is 23.7 Å². The summed E-state index contributed by atoms with van der Waals surface area (Å²) in [4.78, 5) is 5.33. The SMILES string of the molecule is NCC(OCCc1cccs1)c1ccncc1. The maximum absolute atomic E-state index is 5.80. The first kappa shape index (κ1) is 12.2. The third-order valence-electron chi connectivity index (χ3n) is 2.54. The zero-order chi connectivity index (χ0) is 11.9. The Morgan fingerprint density at radius 1 is 1.29 bits per heavy atom. The molecule has 3 nitrogen and oxygen atoms in total. The summed E-state index contributed by atoms with van der Waals surface area (Å²) in [7, 11) is 0. The van der Waals surface area contributed by atoms with Crippen molar-refractivity contribution in [1.29, 1.82) is 0 Å². The van der Waals surface area contributed by atoms with E-state index in [-0.39, 0.29) is 6.10 Å². The molecule has 90 valence electrons. The van der Waals surface area contributed by atoms with Gasteiger partial charge in [-0.05, 0) is 29.1 Å². The molecule has 2 aromatic heterocycles. The van der Waals surface area contributed by atoms with E-state index in [0.29, 0.717) is 13.2 Å². The summed E-state index contributed by atoms with van der Waals surface area (Å²) in [5.74, 6) is 0. The molecule has 4 heteroatoms. The van der Waals surface area contributed by atoms with Gasteiger partial charge in [0.05, 0.1) is 12.7 Å². The molecule has 0 saturated carbocycles. The minimum absolute atomic E-state index is 0.0297. The van der Waals surface area contributed by atoms with Crippen molar-refractivity contribution in [1.82, 2.24) is 4.98 Å². The number of nitrogens with two attached hydrogens (primary N) is 1. The third kappa shape index (κ3) is 3.63. The van der Waals surface area contributed by atoms with Crippen LogP contribution in [-0.2, 0) is 11.2 Å². The van der Waals surface area contributed by atoms with Crippen molar-refractivity contribution < 1.29 is 4.74 Å². The van der Waals surface area contributed by atoms with Crippen LogP contribution in [0.15, 0.2) is 42.0 Å². The van der Waals surface area contributed by atoms with Crippen LogP contribution in [0.2, 0.25) is 0 Å². The van der Waals surface area contributed by atoms with Gasteiger partial charge in [-0.25, -0.2) is 0 Å². The molecule has 0 spiro atoms. The van der Waals surface area contributed by atoms with Gasteiger partial charge in [0.1, 0.15) is 0 Å². The summed E-state index contributed by atoms with van der Waals surface area (Å²) in [5, 5.41) is 2.08. The minimum Gasteiger partial charge on any atom is -0.372 e. The summed E-state index contributed by atoms with van der Waals surface area (Å²) in [6, 6.07) is 8.08. The van der Waals surface area contributed by atoms with E-state index in [2.05, 4.69) is 22.5 Å². The van der Waals surface area contributed by atoms with Gasteiger partial charge in [-0.15, -0.1) is 11.3 Å². The van der Waals surface area contributed by atoms with E-state index in [9.17, 15) is 0 Å². The molecular weight excluding hydrogens is 232 g/mol. The molecule has 0 aliphatic heterocycles. The molecule has 1 atom stereocenters. The molecule has 0 aromatic carbocycles. The van der Waals surface area contributed by atoms with E-state index in [4.69, 9.17) is 10.5 Å². The minimum atomic E-state index is -0.0297. The third-order valence-corrected chi connectivity index (χ3v) is 3.48. The Hall–Kier alpha value is -1.23. The molecule has 0 saturated heterocycles. The van der Waals surface area contributed by atoms with Crippen LogP contribution < -0.4 is 5.73 Å². The van der Waals surface area contributed by atoms with Gasteiger partial charge in [-0.1, -0.05) is 6.07 Å². The summed E-state index contributed by atoms with van der Waals surface area (Å²) >= 11 is 1.76. The van der Waals surface area contributed by atoms with Crippen molar-refractivity contribution in [3.8, 4) is 0 Å². The number of rotatable bonds is 6. The maximum atomic E-state index is 5.80. The second-order valence-corrected chi connectivity index (χ2v) is 4.74. The highest BCUT2D eigenvalue weighted by Gasteiger charge is 2.09. The van der Waals surface area contributed by atoms with Crippen LogP contribution >= 0.6 is 11.3 Å². The maximum Gasteiger partial charge on any atom is 0.0948 e. The molecule has 1 unspecified atom stereocenters. The van der Waals surface area contributed by atoms with Gasteiger partial charge in [0, 0.05) is 30.2 Å². The Balaban J connectivity index is 1.84. The van der Waals surface area contributed by atoms with Crippen molar-refractivity contribution in [2.45, 2.75) is 12.5 Å². The Morgan fingerprint density at radius 2 is 2.12 bits per heavy atom. The first-order valence-corrected chi connectivity index (χ1v) is 6.52. The van der Waals surface area contributed by atoms with E-state index >= 15 is 0 Å². The fourth-order valence-electron chi connectivity index (χ4n) is 1.64. The van der Waals surface area contributed by atoms with Crippen LogP contribution in [0.4, 0.5) is 0 Å². The molecule has 2 N–H and O–H groups in total. The van der Waals surface area contributed by atoms with E-state index in [1.165, 1.54) is 4.88 Å². The molecule has 17 heavy (non-hydrogen) atoms. The molecule has 0 aliphatic carbocycles. The second-order valence-electron chi connectivity index (χ2n) is 3.71. The average molecular weight is 248 g/mol. The van der Waals surface area contributed by atoms with Crippen molar-refractivity contribution in [2.24, 2.45) is 5.73 Å². The highest BCUT2D eigenvalue weighted by Crippen LogP contribution is 2.16. The summed E-state index contributed by atoms with van der Waals surface area (Å²) in [6.07, 6.45) is 4.44. The number of thiophene rings is 1. The fraction of sp³-hybridized carbons (Fsp3) is 0.308. The largest absolute Gasteiger partial charge is 0.372 e. The predicted octanol–water partition coefficient (Wildman–Crippen LogP) is 2.40. The van der Waals surface area contributed by atoms with Gasteiger partial charge in [0.15, 0.2) is 0 Å². The molecule has 2 rings (SSSR count). The van der Waals surface area contributed by atoms with Crippen molar-refractivity contribution in [3.05, 3.63) is 52.5 Å². The lowest BCUT2D eigenvalue weighted by molar-refractivity contribution is 0.0612. The van der Waals surface area contributed by atoms with Crippen LogP contribution in [0, 0.1) is 0 Å². The fourth-order valence-corrected chi connectivity index (χ4v) is 2.33. The molecule has 0 aliphatic rings. The van der Waals surface area contributed by atoms with Crippen LogP contribution in [0.1, 0.15) is 16.5 Å². The van der Waals surface area contributed by atoms with Gasteiger partial charge in [-0.2, -0.15) is 0 Å². The van der Waals surface area contributed by atoms with Gasteiger partial charge in [0.2, 0.25) is 0 Å². The molecule has 0 fully saturated rings. The smallest absolute Gasteiger partial charge is 0.0948 e. The van der Waals surface area contributed by atoms with E-state index in [1.807, 2.05) is 12.1 Å². The Morgan fingerprint density at radius 3 is 2.76 bits per heavy atom. The first-order valence-electron chi connectivity index (χ1n) is 5.64. The molecular formula is C13H16N2OS. The number of aromatic nitrogens is 1. The predicted molar refractivity (Wildman–Crippen MR) is 70.0 cm³/mol. The lowest BCUT2D eigenvalue weighted by Crippen LogP contribution is -2.17. The highest BCUT2D eigenvalue weighted by atomic mass is 32.1. The quantitative estimate of drug-likeness (QED) is 0.854. The summed E-state index contributed by atoms with van der Waals surface area (Å²) in [6.45, 7) is 1.19. The first-order chi connectivity index (χ1) is 8.40. The Bertz CT molecular complexity index is 416. The topological polar surface area (TPSA) is 48.1 Å². The van der Waals surface area contributed by atoms with Crippen LogP contribution in [0.5, 0.6) is 0 Å². The number of pyridine rings is 1. The Kier molecular flexibility index (Phi) is 4.67. The number of hydrogen-bond acceptors (Lipinski definition) is 4. The van der Waals surface area contributed by atoms with Gasteiger partial charge in [0.25, 0.3) is 0 Å². The second kappa shape index (κ2) is 6.49. The van der Waals surface area contributed by atoms with Crippen LogP contribution in [0.3, 0.4) is 0 Å². The average Bonchev–Trinajstić information content (AvgIpc) is 2.89. The molecule has 0 radical (unpaired) electrons. The Labute approximate surface area is 105 Å². The van der Waals surface area contributed by atoms with Crippen molar-refractivity contribution in [3.63, 3.8) is 0 Å². The molecule has 0 bridgehead atoms. The van der Waals surface area contributed by atoms with Gasteiger partial charge >= 0.3 is 0 Å². The van der Waals surface area contributed by atoms with Crippen LogP contribution in [-0.4, -0.2) is 18.1 Å². The monoisotopic (exact) mass is 248 g/mol. The lowest BCUT2D eigenvalue weighted by Gasteiger charge is -2.15. The zero-order valence-corrected chi connectivity index (χ0v) is 10.4. The zero-order valence-electron chi connectivity index (χ0n) is 9.58. The van der Waals surface area contributed by atoms with Gasteiger partial charge < -0.3 is 10.5 Å². The van der Waals surface area contributed by atoms with Crippen LogP contribution in [0.25, 0.3) is 0 Å². The molecule has 2 aromatic rings. The standard InChI is InChI=1S/C13H16N2OS/c14-10-13(11-3-6-15-7-4-11)16-8-5-12-2-1-9-17-12/h1-4,6-7,9,13H,5,8,10,14H2. The van der Waals surface area contributed by atoms with Crippen molar-refractivity contribution >= 4 is 11.3 Å². The van der Waals surface area contributed by atoms with Crippen molar-refractivity contribution in [2.75, 3.05) is 13.2 Å². The molecule has 2 heterocycles. The van der Waals surface area contributed by atoms with E-state index < -0.39 is 0 Å². The van der Waals surface area contributed by atoms with E-state index in [0.717, 1.165) is 12.0 Å². The normalized spacial score (nSPS) is 12.5. The summed E-state index contributed by atoms with van der Waals surface area (Å²) in [5.41, 5.74) is 6.81. The highest BCUT2D eigenvalue weighted by molar-refractivity contribution is 7.09.